The Labute approximate surface area is 153 Å². The predicted octanol–water partition coefficient (Wildman–Crippen LogP) is 4.46. The van der Waals surface area contributed by atoms with Crippen molar-refractivity contribution in [3.8, 4) is 11.3 Å². The van der Waals surface area contributed by atoms with Gasteiger partial charge < -0.3 is 5.32 Å². The highest BCUT2D eigenvalue weighted by atomic mass is 32.2. The number of aryl methyl sites for hydroxylation is 1. The minimum absolute atomic E-state index is 0.0807. The SMILES string of the molecule is Cc1ccccc1-c1ccc(SCC(=O)Nc2ccc(F)c(F)c2)nn1. The van der Waals surface area contributed by atoms with Crippen LogP contribution in [0.5, 0.6) is 0 Å². The molecule has 0 radical (unpaired) electrons. The number of carbonyl (C=O) groups excluding carboxylic acids is 1. The molecule has 1 amide bonds. The van der Waals surface area contributed by atoms with Crippen molar-refractivity contribution >= 4 is 23.4 Å². The van der Waals surface area contributed by atoms with Crippen LogP contribution >= 0.6 is 11.8 Å². The first-order valence-electron chi connectivity index (χ1n) is 7.80. The van der Waals surface area contributed by atoms with E-state index in [4.69, 9.17) is 0 Å². The number of nitrogens with zero attached hydrogens (tertiary/aromatic N) is 2. The number of anilines is 1. The monoisotopic (exact) mass is 371 g/mol. The van der Waals surface area contributed by atoms with Crippen molar-refractivity contribution in [1.82, 2.24) is 10.2 Å². The number of hydrogen-bond acceptors (Lipinski definition) is 4. The third kappa shape index (κ3) is 4.43. The lowest BCUT2D eigenvalue weighted by Gasteiger charge is -2.06. The zero-order chi connectivity index (χ0) is 18.5. The molecule has 3 aromatic rings. The standard InChI is InChI=1S/C19H15F2N3OS/c1-12-4-2-3-5-14(12)17-8-9-19(24-23-17)26-11-18(25)22-13-6-7-15(20)16(21)10-13/h2-10H,11H2,1H3,(H,22,25). The van der Waals surface area contributed by atoms with E-state index in [-0.39, 0.29) is 17.3 Å². The second-order valence-electron chi connectivity index (χ2n) is 5.54. The summed E-state index contributed by atoms with van der Waals surface area (Å²) in [6.07, 6.45) is 0. The number of thioether (sulfide) groups is 1. The fourth-order valence-electron chi connectivity index (χ4n) is 2.31. The lowest BCUT2D eigenvalue weighted by Crippen LogP contribution is -2.14. The third-order valence-corrected chi connectivity index (χ3v) is 4.54. The van der Waals surface area contributed by atoms with Gasteiger partial charge in [0.1, 0.15) is 5.03 Å². The molecule has 0 fully saturated rings. The fraction of sp³-hybridized carbons (Fsp3) is 0.105. The average molecular weight is 371 g/mol. The van der Waals surface area contributed by atoms with Crippen LogP contribution in [0.15, 0.2) is 59.6 Å². The lowest BCUT2D eigenvalue weighted by atomic mass is 10.1. The van der Waals surface area contributed by atoms with Crippen LogP contribution in [0.1, 0.15) is 5.56 Å². The Morgan fingerprint density at radius 3 is 2.54 bits per heavy atom. The van der Waals surface area contributed by atoms with E-state index in [1.165, 1.54) is 17.8 Å². The number of nitrogens with one attached hydrogen (secondary N) is 1. The lowest BCUT2D eigenvalue weighted by molar-refractivity contribution is -0.113. The van der Waals surface area contributed by atoms with Gasteiger partial charge in [0.25, 0.3) is 0 Å². The molecule has 26 heavy (non-hydrogen) atoms. The first kappa shape index (κ1) is 18.0. The number of halogens is 2. The van der Waals surface area contributed by atoms with E-state index in [2.05, 4.69) is 15.5 Å². The van der Waals surface area contributed by atoms with Gasteiger partial charge in [0.15, 0.2) is 11.6 Å². The van der Waals surface area contributed by atoms with Crippen LogP contribution in [0, 0.1) is 18.6 Å². The van der Waals surface area contributed by atoms with Crippen LogP contribution in [0.2, 0.25) is 0 Å². The summed E-state index contributed by atoms with van der Waals surface area (Å²) >= 11 is 1.21. The topological polar surface area (TPSA) is 54.9 Å². The van der Waals surface area contributed by atoms with Gasteiger partial charge in [-0.25, -0.2) is 8.78 Å². The molecule has 1 aromatic heterocycles. The van der Waals surface area contributed by atoms with Gasteiger partial charge in [0, 0.05) is 17.3 Å². The Balaban J connectivity index is 1.58. The quantitative estimate of drug-likeness (QED) is 0.673. The summed E-state index contributed by atoms with van der Waals surface area (Å²) in [6.45, 7) is 2.00. The molecule has 2 aromatic carbocycles. The van der Waals surface area contributed by atoms with Crippen molar-refractivity contribution in [1.29, 1.82) is 0 Å². The highest BCUT2D eigenvalue weighted by Crippen LogP contribution is 2.22. The predicted molar refractivity (Wildman–Crippen MR) is 97.9 cm³/mol. The van der Waals surface area contributed by atoms with Gasteiger partial charge in [0.05, 0.1) is 11.4 Å². The number of carbonyl (C=O) groups is 1. The molecule has 4 nitrogen and oxygen atoms in total. The van der Waals surface area contributed by atoms with E-state index in [0.29, 0.717) is 5.03 Å². The smallest absolute Gasteiger partial charge is 0.234 e. The van der Waals surface area contributed by atoms with Crippen molar-refractivity contribution in [2.75, 3.05) is 11.1 Å². The minimum atomic E-state index is -1.01. The largest absolute Gasteiger partial charge is 0.325 e. The molecule has 3 rings (SSSR count). The minimum Gasteiger partial charge on any atom is -0.325 e. The molecule has 0 aliphatic carbocycles. The average Bonchev–Trinajstić information content (AvgIpc) is 2.64. The highest BCUT2D eigenvalue weighted by Gasteiger charge is 2.09. The van der Waals surface area contributed by atoms with Crippen molar-refractivity contribution < 1.29 is 13.6 Å². The maximum Gasteiger partial charge on any atom is 0.234 e. The number of hydrogen-bond donors (Lipinski definition) is 1. The van der Waals surface area contributed by atoms with Crippen LogP contribution < -0.4 is 5.32 Å². The molecule has 0 bridgehead atoms. The number of benzene rings is 2. The maximum absolute atomic E-state index is 13.1. The Morgan fingerprint density at radius 2 is 1.85 bits per heavy atom. The molecule has 0 aliphatic rings. The van der Waals surface area contributed by atoms with E-state index >= 15 is 0 Å². The van der Waals surface area contributed by atoms with Gasteiger partial charge in [0.2, 0.25) is 5.91 Å². The first-order valence-corrected chi connectivity index (χ1v) is 8.79. The van der Waals surface area contributed by atoms with E-state index in [0.717, 1.165) is 29.0 Å². The van der Waals surface area contributed by atoms with E-state index in [1.54, 1.807) is 6.07 Å². The summed E-state index contributed by atoms with van der Waals surface area (Å²) in [7, 11) is 0. The molecular weight excluding hydrogens is 356 g/mol. The van der Waals surface area contributed by atoms with Crippen molar-refractivity contribution in [3.05, 3.63) is 71.8 Å². The first-order chi connectivity index (χ1) is 12.5. The Bertz CT molecular complexity index is 932. The van der Waals surface area contributed by atoms with E-state index in [1.807, 2.05) is 37.3 Å². The maximum atomic E-state index is 13.1. The van der Waals surface area contributed by atoms with Gasteiger partial charge in [-0.3, -0.25) is 4.79 Å². The summed E-state index contributed by atoms with van der Waals surface area (Å²) in [4.78, 5) is 11.9. The van der Waals surface area contributed by atoms with Crippen LogP contribution in [0.4, 0.5) is 14.5 Å². The molecule has 1 heterocycles. The summed E-state index contributed by atoms with van der Waals surface area (Å²) in [5, 5.41) is 11.4. The van der Waals surface area contributed by atoms with Crippen LogP contribution in [-0.4, -0.2) is 21.9 Å². The molecular formula is C19H15F2N3OS. The van der Waals surface area contributed by atoms with Crippen LogP contribution in [0.3, 0.4) is 0 Å². The molecule has 0 spiro atoms. The molecule has 1 N–H and O–H groups in total. The normalized spacial score (nSPS) is 10.6. The van der Waals surface area contributed by atoms with Gasteiger partial charge >= 0.3 is 0 Å². The molecule has 0 unspecified atom stereocenters. The summed E-state index contributed by atoms with van der Waals surface area (Å²) in [6, 6.07) is 14.7. The fourth-order valence-corrected chi connectivity index (χ4v) is 2.93. The summed E-state index contributed by atoms with van der Waals surface area (Å²) in [5.41, 5.74) is 3.08. The van der Waals surface area contributed by atoms with Gasteiger partial charge in [-0.2, -0.15) is 0 Å². The summed E-state index contributed by atoms with van der Waals surface area (Å²) in [5.74, 6) is -2.22. The van der Waals surface area contributed by atoms with Crippen LogP contribution in [0.25, 0.3) is 11.3 Å². The molecule has 0 atom stereocenters. The Kier molecular flexibility index (Phi) is 5.58. The highest BCUT2D eigenvalue weighted by molar-refractivity contribution is 7.99. The molecule has 7 heteroatoms. The van der Waals surface area contributed by atoms with Crippen LogP contribution in [-0.2, 0) is 4.79 Å². The van der Waals surface area contributed by atoms with Crippen molar-refractivity contribution in [2.45, 2.75) is 11.9 Å². The molecule has 0 saturated heterocycles. The zero-order valence-electron chi connectivity index (χ0n) is 13.9. The number of aromatic nitrogens is 2. The molecule has 0 aliphatic heterocycles. The van der Waals surface area contributed by atoms with Gasteiger partial charge in [-0.15, -0.1) is 10.2 Å². The third-order valence-electron chi connectivity index (χ3n) is 3.62. The van der Waals surface area contributed by atoms with Gasteiger partial charge in [-0.05, 0) is 36.8 Å². The summed E-state index contributed by atoms with van der Waals surface area (Å²) < 4.78 is 26.0. The second-order valence-corrected chi connectivity index (χ2v) is 6.53. The Morgan fingerprint density at radius 1 is 1.04 bits per heavy atom. The number of amides is 1. The van der Waals surface area contributed by atoms with Crippen molar-refractivity contribution in [3.63, 3.8) is 0 Å². The molecule has 0 saturated carbocycles. The van der Waals surface area contributed by atoms with Crippen molar-refractivity contribution in [2.24, 2.45) is 0 Å². The van der Waals surface area contributed by atoms with E-state index in [9.17, 15) is 13.6 Å². The Hall–Kier alpha value is -2.80. The van der Waals surface area contributed by atoms with Gasteiger partial charge in [-0.1, -0.05) is 36.0 Å². The second kappa shape index (κ2) is 8.05. The zero-order valence-corrected chi connectivity index (χ0v) is 14.7. The number of rotatable bonds is 5. The molecule has 132 valence electrons. The van der Waals surface area contributed by atoms with E-state index < -0.39 is 11.6 Å².